The van der Waals surface area contributed by atoms with Crippen LogP contribution in [0, 0.1) is 23.2 Å². The first kappa shape index (κ1) is 59.0. The van der Waals surface area contributed by atoms with Crippen molar-refractivity contribution in [2.45, 2.75) is 104 Å². The number of nitrogens with zero attached hydrogens (tertiary/aromatic N) is 4. The SMILES string of the molecule is CCn1c(-c2cccnc2[C@H](C)OC)c2c3cc(ccc31)-c1csc(n1)[C@@H](OCC1CCOCC1)[C@H](NC(=O)[C@H]1C[C@@H]1C)C(=O)N1CCC[C@H](N1)C(=O)OCC(C)(C)C2.S.S.S.S.S.S. The zero-order chi connectivity index (χ0) is 41.4. The molecular weight excluding hydrogens is 961 g/mol. The lowest BCUT2D eigenvalue weighted by Crippen LogP contribution is -2.61. The van der Waals surface area contributed by atoms with Gasteiger partial charge in [0.25, 0.3) is 5.91 Å². The molecule has 3 aromatic heterocycles. The maximum atomic E-state index is 14.8. The number of ether oxygens (including phenoxy) is 4. The van der Waals surface area contributed by atoms with Gasteiger partial charge in [-0.3, -0.25) is 24.4 Å². The molecule has 4 aliphatic rings. The van der Waals surface area contributed by atoms with Crippen LogP contribution in [0.25, 0.3) is 33.4 Å². The molecule has 0 unspecified atom stereocenters. The molecule has 1 aromatic carbocycles. The standard InChI is InChI=1S/C45H58N6O7S.6H2S/c1-7-50-36-13-12-29-21-32(36)33(39(50)30-10-8-16-46-37(30)27(3)55-6)22-45(4,5)25-58-44(54)34-11-9-17-51(49-34)43(53)38(48-41(52)31-20-26(31)2)40(42-47-35(29)24-59-42)57-23-28-14-18-56-19-15-28;;;;;;/h8,10,12-13,16,21,24,26-28,31,34,38,40,49H,7,9,11,14-15,17-20,22-23,25H2,1-6H3,(H,48,52);6*1H2/t26-,27-,31-,34-,38-,40-;;;;;;/m0....../s1. The number of esters is 1. The van der Waals surface area contributed by atoms with E-state index in [2.05, 4.69) is 60.3 Å². The van der Waals surface area contributed by atoms with E-state index in [4.69, 9.17) is 28.9 Å². The molecule has 8 rings (SSSR count). The number of benzene rings is 1. The van der Waals surface area contributed by atoms with Crippen LogP contribution in [0.5, 0.6) is 0 Å². The van der Waals surface area contributed by atoms with Crippen molar-refractivity contribution < 1.29 is 33.3 Å². The molecule has 13 nitrogen and oxygen atoms in total. The number of hydrogen-bond acceptors (Lipinski definition) is 11. The minimum Gasteiger partial charge on any atom is -0.464 e. The highest BCUT2D eigenvalue weighted by Gasteiger charge is 2.45. The molecule has 0 radical (unpaired) electrons. The van der Waals surface area contributed by atoms with Gasteiger partial charge in [-0.1, -0.05) is 26.8 Å². The number of pyridine rings is 1. The van der Waals surface area contributed by atoms with Gasteiger partial charge in [0.05, 0.1) is 36.4 Å². The molecule has 20 heteroatoms. The topological polar surface area (TPSA) is 146 Å². The van der Waals surface area contributed by atoms with Crippen molar-refractivity contribution >= 4 is 121 Å². The zero-order valence-corrected chi connectivity index (χ0v) is 44.9. The van der Waals surface area contributed by atoms with Gasteiger partial charge in [-0.05, 0) is 94.0 Å². The number of fused-ring (bicyclic) bond motifs is 6. The van der Waals surface area contributed by atoms with Crippen LogP contribution < -0.4 is 10.7 Å². The first-order valence-corrected chi connectivity index (χ1v) is 22.2. The molecular formula is C45H70N6O7S7. The largest absolute Gasteiger partial charge is 0.464 e. The Bertz CT molecular complexity index is 2200. The summed E-state index contributed by atoms with van der Waals surface area (Å²) in [7, 11) is 1.70. The second-order valence-corrected chi connectivity index (χ2v) is 18.5. The fraction of sp³-hybridized carbons (Fsp3) is 0.578. The molecule has 3 aliphatic heterocycles. The van der Waals surface area contributed by atoms with Gasteiger partial charge in [-0.2, -0.15) is 81.0 Å². The van der Waals surface area contributed by atoms with Crippen molar-refractivity contribution in [3.05, 3.63) is 58.2 Å². The molecule has 0 spiro atoms. The third-order valence-electron chi connectivity index (χ3n) is 12.5. The van der Waals surface area contributed by atoms with Gasteiger partial charge < -0.3 is 28.8 Å². The van der Waals surface area contributed by atoms with E-state index in [1.54, 1.807) is 13.3 Å². The van der Waals surface area contributed by atoms with E-state index in [1.165, 1.54) is 16.3 Å². The second-order valence-electron chi connectivity index (χ2n) is 17.6. The van der Waals surface area contributed by atoms with Crippen LogP contribution in [0.3, 0.4) is 0 Å². The second kappa shape index (κ2) is 25.5. The van der Waals surface area contributed by atoms with Crippen LogP contribution in [0.2, 0.25) is 0 Å². The Morgan fingerprint density at radius 3 is 2.48 bits per heavy atom. The van der Waals surface area contributed by atoms with Gasteiger partial charge >= 0.3 is 5.97 Å². The first-order chi connectivity index (χ1) is 28.5. The Balaban J connectivity index is 0.00000242. The third kappa shape index (κ3) is 13.0. The summed E-state index contributed by atoms with van der Waals surface area (Å²) in [6.45, 7) is 13.4. The normalized spacial score (nSPS) is 23.3. The van der Waals surface area contributed by atoms with Crippen molar-refractivity contribution in [1.82, 2.24) is 30.3 Å². The Labute approximate surface area is 429 Å². The van der Waals surface area contributed by atoms with Gasteiger partial charge in [-0.15, -0.1) is 11.3 Å². The molecule has 65 heavy (non-hydrogen) atoms. The lowest BCUT2D eigenvalue weighted by atomic mass is 9.84. The van der Waals surface area contributed by atoms with E-state index in [0.29, 0.717) is 57.2 Å². The van der Waals surface area contributed by atoms with Crippen molar-refractivity contribution in [1.29, 1.82) is 0 Å². The number of aromatic nitrogens is 3. The Morgan fingerprint density at radius 2 is 1.80 bits per heavy atom. The highest BCUT2D eigenvalue weighted by Crippen LogP contribution is 2.43. The lowest BCUT2D eigenvalue weighted by Gasteiger charge is -2.37. The summed E-state index contributed by atoms with van der Waals surface area (Å²) in [4.78, 5) is 52.4. The number of carbonyl (C=O) groups excluding carboxylic acids is 3. The minimum atomic E-state index is -1.08. The molecule has 6 heterocycles. The minimum absolute atomic E-state index is 0. The van der Waals surface area contributed by atoms with Gasteiger partial charge in [0.1, 0.15) is 23.2 Å². The number of amides is 2. The summed E-state index contributed by atoms with van der Waals surface area (Å²) in [6, 6.07) is 8.73. The molecule has 2 amide bonds. The monoisotopic (exact) mass is 1030 g/mol. The average Bonchev–Trinajstić information content (AvgIpc) is 3.66. The van der Waals surface area contributed by atoms with Crippen LogP contribution in [-0.2, 0) is 46.3 Å². The molecule has 6 bridgehead atoms. The zero-order valence-electron chi connectivity index (χ0n) is 38.1. The van der Waals surface area contributed by atoms with Crippen LogP contribution in [0.15, 0.2) is 41.9 Å². The first-order valence-electron chi connectivity index (χ1n) is 21.3. The fourth-order valence-electron chi connectivity index (χ4n) is 8.86. The van der Waals surface area contributed by atoms with Crippen LogP contribution in [0.4, 0.5) is 0 Å². The van der Waals surface area contributed by atoms with Crippen LogP contribution in [-0.4, -0.2) is 89.5 Å². The van der Waals surface area contributed by atoms with Crippen LogP contribution in [0.1, 0.15) is 95.2 Å². The predicted molar refractivity (Wildman–Crippen MR) is 287 cm³/mol. The van der Waals surface area contributed by atoms with Crippen molar-refractivity contribution in [3.8, 4) is 22.5 Å². The summed E-state index contributed by atoms with van der Waals surface area (Å²) >= 11 is 1.43. The van der Waals surface area contributed by atoms with E-state index in [0.717, 1.165) is 63.9 Å². The molecule has 1 saturated carbocycles. The average molecular weight is 1030 g/mol. The Hall–Kier alpha value is -2.11. The summed E-state index contributed by atoms with van der Waals surface area (Å²) in [5, 5.41) is 8.30. The number of nitrogens with one attached hydrogen (secondary N) is 2. The van der Waals surface area contributed by atoms with Gasteiger partial charge in [0.2, 0.25) is 5.91 Å². The smallest absolute Gasteiger partial charge is 0.324 e. The van der Waals surface area contributed by atoms with Gasteiger partial charge in [0.15, 0.2) is 0 Å². The number of methoxy groups -OCH3 is 1. The molecule has 4 aromatic rings. The highest BCUT2D eigenvalue weighted by atomic mass is 32.1. The maximum Gasteiger partial charge on any atom is 0.324 e. The number of hydrogen-bond donors (Lipinski definition) is 2. The highest BCUT2D eigenvalue weighted by molar-refractivity contribution is 7.60. The van der Waals surface area contributed by atoms with E-state index < -0.39 is 29.6 Å². The van der Waals surface area contributed by atoms with E-state index in [9.17, 15) is 14.4 Å². The number of thiazole rings is 1. The summed E-state index contributed by atoms with van der Waals surface area (Å²) in [5.41, 5.74) is 9.52. The van der Waals surface area contributed by atoms with Crippen LogP contribution >= 0.6 is 92.3 Å². The predicted octanol–water partition coefficient (Wildman–Crippen LogP) is 7.48. The number of hydrazine groups is 1. The van der Waals surface area contributed by atoms with Crippen molar-refractivity contribution in [2.24, 2.45) is 23.2 Å². The van der Waals surface area contributed by atoms with E-state index >= 15 is 0 Å². The summed E-state index contributed by atoms with van der Waals surface area (Å²) < 4.78 is 26.7. The van der Waals surface area contributed by atoms with E-state index in [1.807, 2.05) is 25.3 Å². The fourth-order valence-corrected chi connectivity index (χ4v) is 9.77. The number of aryl methyl sites for hydroxylation is 1. The van der Waals surface area contributed by atoms with Crippen molar-refractivity contribution in [3.63, 3.8) is 0 Å². The Kier molecular flexibility index (Phi) is 23.1. The maximum absolute atomic E-state index is 14.8. The summed E-state index contributed by atoms with van der Waals surface area (Å²) in [6.07, 6.45) is 4.87. The summed E-state index contributed by atoms with van der Waals surface area (Å²) in [5.74, 6) is -0.631. The third-order valence-corrected chi connectivity index (χ3v) is 13.4. The molecule has 3 fully saturated rings. The van der Waals surface area contributed by atoms with Gasteiger partial charge in [-0.25, -0.2) is 10.4 Å². The molecule has 6 atom stereocenters. The number of cyclic esters (lactones) is 1. The van der Waals surface area contributed by atoms with Gasteiger partial charge in [0, 0.05) is 78.4 Å². The number of rotatable bonds is 9. The molecule has 2 N–H and O–H groups in total. The molecule has 1 aliphatic carbocycles. The van der Waals surface area contributed by atoms with E-state index in [-0.39, 0.29) is 123 Å². The quantitative estimate of drug-likeness (QED) is 0.162. The lowest BCUT2D eigenvalue weighted by molar-refractivity contribution is -0.157. The molecule has 2 saturated heterocycles. The number of carbonyl (C=O) groups is 3. The molecule has 364 valence electrons. The Morgan fingerprint density at radius 1 is 1.08 bits per heavy atom. The van der Waals surface area contributed by atoms with Crippen molar-refractivity contribution in [2.75, 3.05) is 40.1 Å².